The van der Waals surface area contributed by atoms with Crippen LogP contribution < -0.4 is 5.32 Å². The molecular formula is C13H18ClNO. The zero-order valence-electron chi connectivity index (χ0n) is 10.0. The number of halogens is 1. The summed E-state index contributed by atoms with van der Waals surface area (Å²) >= 11 is 6.03. The van der Waals surface area contributed by atoms with E-state index < -0.39 is 0 Å². The topological polar surface area (TPSA) is 29.1 Å². The molecule has 1 aromatic carbocycles. The summed E-state index contributed by atoms with van der Waals surface area (Å²) in [5.41, 5.74) is 1.78. The molecular weight excluding hydrogens is 222 g/mol. The van der Waals surface area contributed by atoms with Gasteiger partial charge in [0.1, 0.15) is 0 Å². The third-order valence-electron chi connectivity index (χ3n) is 2.63. The average Bonchev–Trinajstić information content (AvgIpc) is 2.22. The van der Waals surface area contributed by atoms with Crippen LogP contribution in [0.2, 0.25) is 5.02 Å². The summed E-state index contributed by atoms with van der Waals surface area (Å²) in [7, 11) is 0. The molecule has 0 fully saturated rings. The van der Waals surface area contributed by atoms with Crippen LogP contribution in [0.4, 0.5) is 5.69 Å². The van der Waals surface area contributed by atoms with E-state index in [2.05, 4.69) is 19.2 Å². The Balaban J connectivity index is 2.63. The van der Waals surface area contributed by atoms with Crippen LogP contribution in [0.3, 0.4) is 0 Å². The van der Waals surface area contributed by atoms with E-state index in [9.17, 15) is 4.79 Å². The third kappa shape index (κ3) is 3.86. The van der Waals surface area contributed by atoms with Crippen molar-refractivity contribution in [3.8, 4) is 0 Å². The fraction of sp³-hybridized carbons (Fsp3) is 0.462. The number of nitrogens with one attached hydrogen (secondary N) is 1. The van der Waals surface area contributed by atoms with Gasteiger partial charge < -0.3 is 5.32 Å². The number of hydrogen-bond donors (Lipinski definition) is 1. The van der Waals surface area contributed by atoms with E-state index in [0.717, 1.165) is 12.0 Å². The van der Waals surface area contributed by atoms with Gasteiger partial charge in [-0.15, -0.1) is 0 Å². The minimum Gasteiger partial charge on any atom is -0.325 e. The van der Waals surface area contributed by atoms with Crippen molar-refractivity contribution in [1.82, 2.24) is 0 Å². The molecule has 0 radical (unpaired) electrons. The summed E-state index contributed by atoms with van der Waals surface area (Å²) in [5.74, 6) is 0.435. The van der Waals surface area contributed by atoms with Gasteiger partial charge in [0.2, 0.25) is 5.91 Å². The maximum Gasteiger partial charge on any atom is 0.224 e. The Kier molecular flexibility index (Phi) is 4.81. The highest BCUT2D eigenvalue weighted by Crippen LogP contribution is 2.23. The van der Waals surface area contributed by atoms with Gasteiger partial charge in [-0.05, 0) is 30.5 Å². The quantitative estimate of drug-likeness (QED) is 0.845. The van der Waals surface area contributed by atoms with E-state index in [-0.39, 0.29) is 5.91 Å². The molecule has 0 saturated carbocycles. The number of amides is 1. The predicted molar refractivity (Wildman–Crippen MR) is 68.9 cm³/mol. The molecule has 1 rings (SSSR count). The van der Waals surface area contributed by atoms with Gasteiger partial charge >= 0.3 is 0 Å². The van der Waals surface area contributed by atoms with Gasteiger partial charge in [0.25, 0.3) is 0 Å². The SMILES string of the molecule is CCC(C)CC(=O)Nc1ccc(C)cc1Cl. The molecule has 0 aliphatic rings. The largest absolute Gasteiger partial charge is 0.325 e. The van der Waals surface area contributed by atoms with Crippen LogP contribution in [0.15, 0.2) is 18.2 Å². The number of carbonyl (C=O) groups is 1. The monoisotopic (exact) mass is 239 g/mol. The summed E-state index contributed by atoms with van der Waals surface area (Å²) in [5, 5.41) is 3.43. The number of benzene rings is 1. The molecule has 1 aromatic rings. The highest BCUT2D eigenvalue weighted by atomic mass is 35.5. The van der Waals surface area contributed by atoms with Crippen molar-refractivity contribution in [3.63, 3.8) is 0 Å². The molecule has 0 aliphatic heterocycles. The molecule has 0 bridgehead atoms. The molecule has 0 aromatic heterocycles. The second-order valence-electron chi connectivity index (χ2n) is 4.25. The van der Waals surface area contributed by atoms with Gasteiger partial charge in [-0.2, -0.15) is 0 Å². The van der Waals surface area contributed by atoms with Crippen LogP contribution in [0, 0.1) is 12.8 Å². The molecule has 1 N–H and O–H groups in total. The molecule has 1 atom stereocenters. The first kappa shape index (κ1) is 13.0. The Bertz CT molecular complexity index is 376. The van der Waals surface area contributed by atoms with E-state index in [1.54, 1.807) is 0 Å². The predicted octanol–water partition coefficient (Wildman–Crippen LogP) is 4.02. The van der Waals surface area contributed by atoms with Crippen molar-refractivity contribution in [2.24, 2.45) is 5.92 Å². The summed E-state index contributed by atoms with van der Waals surface area (Å²) in [6.45, 7) is 6.11. The van der Waals surface area contributed by atoms with Crippen LogP contribution in [-0.2, 0) is 4.79 Å². The van der Waals surface area contributed by atoms with Gasteiger partial charge in [-0.3, -0.25) is 4.79 Å². The first-order valence-electron chi connectivity index (χ1n) is 5.59. The molecule has 88 valence electrons. The van der Waals surface area contributed by atoms with Gasteiger partial charge in [-0.1, -0.05) is 37.9 Å². The van der Waals surface area contributed by atoms with Crippen molar-refractivity contribution in [3.05, 3.63) is 28.8 Å². The molecule has 0 aliphatic carbocycles. The fourth-order valence-corrected chi connectivity index (χ4v) is 1.67. The van der Waals surface area contributed by atoms with Crippen molar-refractivity contribution in [2.45, 2.75) is 33.6 Å². The van der Waals surface area contributed by atoms with Crippen LogP contribution in [0.25, 0.3) is 0 Å². The molecule has 3 heteroatoms. The van der Waals surface area contributed by atoms with E-state index in [1.807, 2.05) is 25.1 Å². The van der Waals surface area contributed by atoms with E-state index >= 15 is 0 Å². The molecule has 0 heterocycles. The maximum atomic E-state index is 11.6. The van der Waals surface area contributed by atoms with Crippen molar-refractivity contribution in [1.29, 1.82) is 0 Å². The molecule has 2 nitrogen and oxygen atoms in total. The minimum atomic E-state index is 0.0279. The molecule has 0 spiro atoms. The Labute approximate surface area is 102 Å². The zero-order chi connectivity index (χ0) is 12.1. The highest BCUT2D eigenvalue weighted by Gasteiger charge is 2.09. The second kappa shape index (κ2) is 5.90. The number of hydrogen-bond acceptors (Lipinski definition) is 1. The maximum absolute atomic E-state index is 11.6. The Morgan fingerprint density at radius 3 is 2.75 bits per heavy atom. The highest BCUT2D eigenvalue weighted by molar-refractivity contribution is 6.33. The lowest BCUT2D eigenvalue weighted by molar-refractivity contribution is -0.117. The Hall–Kier alpha value is -1.02. The van der Waals surface area contributed by atoms with Crippen LogP contribution in [0.1, 0.15) is 32.3 Å². The Morgan fingerprint density at radius 2 is 2.19 bits per heavy atom. The van der Waals surface area contributed by atoms with Crippen molar-refractivity contribution >= 4 is 23.2 Å². The molecule has 16 heavy (non-hydrogen) atoms. The van der Waals surface area contributed by atoms with Crippen LogP contribution >= 0.6 is 11.6 Å². The van der Waals surface area contributed by atoms with Gasteiger partial charge in [0, 0.05) is 6.42 Å². The average molecular weight is 240 g/mol. The van der Waals surface area contributed by atoms with Crippen LogP contribution in [0.5, 0.6) is 0 Å². The third-order valence-corrected chi connectivity index (χ3v) is 2.94. The van der Waals surface area contributed by atoms with Gasteiger partial charge in [-0.25, -0.2) is 0 Å². The number of aryl methyl sites for hydroxylation is 1. The zero-order valence-corrected chi connectivity index (χ0v) is 10.8. The standard InChI is InChI=1S/C13H18ClNO/c1-4-9(2)8-13(16)15-12-6-5-10(3)7-11(12)14/h5-7,9H,4,8H2,1-3H3,(H,15,16). The molecule has 1 unspecified atom stereocenters. The lowest BCUT2D eigenvalue weighted by Gasteiger charge is -2.10. The summed E-state index contributed by atoms with van der Waals surface area (Å²) in [6, 6.07) is 5.62. The first-order valence-corrected chi connectivity index (χ1v) is 5.96. The van der Waals surface area contributed by atoms with Crippen molar-refractivity contribution in [2.75, 3.05) is 5.32 Å². The summed E-state index contributed by atoms with van der Waals surface area (Å²) < 4.78 is 0. The van der Waals surface area contributed by atoms with E-state index in [0.29, 0.717) is 23.0 Å². The number of anilines is 1. The molecule has 0 saturated heterocycles. The number of rotatable bonds is 4. The van der Waals surface area contributed by atoms with Gasteiger partial charge in [0.15, 0.2) is 0 Å². The normalized spacial score (nSPS) is 12.2. The summed E-state index contributed by atoms with van der Waals surface area (Å²) in [6.07, 6.45) is 1.55. The fourth-order valence-electron chi connectivity index (χ4n) is 1.38. The number of carbonyl (C=O) groups excluding carboxylic acids is 1. The van der Waals surface area contributed by atoms with E-state index in [4.69, 9.17) is 11.6 Å². The van der Waals surface area contributed by atoms with Gasteiger partial charge in [0.05, 0.1) is 10.7 Å². The van der Waals surface area contributed by atoms with Crippen LogP contribution in [-0.4, -0.2) is 5.91 Å². The lowest BCUT2D eigenvalue weighted by atomic mass is 10.1. The lowest BCUT2D eigenvalue weighted by Crippen LogP contribution is -2.15. The summed E-state index contributed by atoms with van der Waals surface area (Å²) in [4.78, 5) is 11.6. The minimum absolute atomic E-state index is 0.0279. The van der Waals surface area contributed by atoms with Crippen molar-refractivity contribution < 1.29 is 4.79 Å². The first-order chi connectivity index (χ1) is 7.52. The second-order valence-corrected chi connectivity index (χ2v) is 4.66. The molecule has 1 amide bonds. The Morgan fingerprint density at radius 1 is 1.50 bits per heavy atom. The van der Waals surface area contributed by atoms with E-state index in [1.165, 1.54) is 0 Å². The smallest absolute Gasteiger partial charge is 0.224 e.